The Morgan fingerprint density at radius 3 is 2.14 bits per heavy atom. The van der Waals surface area contributed by atoms with Gasteiger partial charge in [0, 0.05) is 13.8 Å². The summed E-state index contributed by atoms with van der Waals surface area (Å²) in [4.78, 5) is 24.5. The van der Waals surface area contributed by atoms with Gasteiger partial charge in [0.15, 0.2) is 0 Å². The van der Waals surface area contributed by atoms with Gasteiger partial charge in [0.05, 0.1) is 19.7 Å². The number of nitrogens with zero attached hydrogens (tertiary/aromatic N) is 1. The molecule has 2 amide bonds. The number of hydrogen-bond donors (Lipinski definition) is 2. The summed E-state index contributed by atoms with van der Waals surface area (Å²) in [5.74, 6) is -0.215. The molecule has 8 nitrogen and oxygen atoms in total. The van der Waals surface area contributed by atoms with Crippen molar-refractivity contribution < 1.29 is 23.8 Å². The maximum atomic E-state index is 11.2. The van der Waals surface area contributed by atoms with Crippen LogP contribution in [0.5, 0.6) is 0 Å². The summed E-state index contributed by atoms with van der Waals surface area (Å²) < 4.78 is 18.1. The Labute approximate surface area is 129 Å². The van der Waals surface area contributed by atoms with Crippen molar-refractivity contribution in [1.29, 1.82) is 0 Å². The van der Waals surface area contributed by atoms with Gasteiger partial charge in [-0.2, -0.15) is 0 Å². The van der Waals surface area contributed by atoms with Gasteiger partial charge in [-0.3, -0.25) is 9.59 Å². The Morgan fingerprint density at radius 1 is 1.05 bits per heavy atom. The van der Waals surface area contributed by atoms with Gasteiger partial charge in [-0.1, -0.05) is 0 Å². The SMILES string of the molecule is CC(=O)NC[C@]1(C)O[C@H]2CO[C@@H]3N2[C@H]1O[C@@]3(C)CNC(C)=O. The Bertz CT molecular complexity index is 483. The molecule has 3 heterocycles. The second kappa shape index (κ2) is 5.16. The molecule has 5 atom stereocenters. The number of ether oxygens (including phenoxy) is 3. The molecule has 2 N–H and O–H groups in total. The Balaban J connectivity index is 1.78. The van der Waals surface area contributed by atoms with Crippen molar-refractivity contribution in [2.24, 2.45) is 0 Å². The fourth-order valence-corrected chi connectivity index (χ4v) is 3.40. The summed E-state index contributed by atoms with van der Waals surface area (Å²) in [5.41, 5.74) is -1.29. The van der Waals surface area contributed by atoms with Crippen molar-refractivity contribution in [2.45, 2.75) is 57.6 Å². The highest BCUT2D eigenvalue weighted by atomic mass is 16.7. The van der Waals surface area contributed by atoms with E-state index in [1.165, 1.54) is 13.8 Å². The molecule has 0 spiro atoms. The van der Waals surface area contributed by atoms with Crippen LogP contribution in [0.25, 0.3) is 0 Å². The standard InChI is InChI=1S/C14H23N3O5/c1-8(18)15-6-13(3)11-17-10(5-20-11)21-14(4,12(17)22-13)7-16-9(2)19/h10-12H,5-7H2,1-4H3,(H,15,18)(H,16,19)/t10-,11-,12-,13-,14-/m0/s1. The van der Waals surface area contributed by atoms with E-state index in [1.807, 2.05) is 13.8 Å². The van der Waals surface area contributed by atoms with E-state index in [2.05, 4.69) is 15.5 Å². The molecule has 3 saturated heterocycles. The molecule has 3 aliphatic heterocycles. The molecule has 0 radical (unpaired) electrons. The smallest absolute Gasteiger partial charge is 0.216 e. The number of carbonyl (C=O) groups excluding carboxylic acids is 2. The van der Waals surface area contributed by atoms with Crippen LogP contribution < -0.4 is 10.6 Å². The predicted octanol–water partition coefficient (Wildman–Crippen LogP) is -0.853. The number of amides is 2. The average molecular weight is 313 g/mol. The minimum Gasteiger partial charge on any atom is -0.356 e. The summed E-state index contributed by atoms with van der Waals surface area (Å²) in [6.45, 7) is 7.98. The van der Waals surface area contributed by atoms with Gasteiger partial charge in [-0.25, -0.2) is 4.90 Å². The van der Waals surface area contributed by atoms with Gasteiger partial charge in [-0.15, -0.1) is 0 Å². The lowest BCUT2D eigenvalue weighted by Crippen LogP contribution is -2.51. The van der Waals surface area contributed by atoms with Crippen molar-refractivity contribution in [3.63, 3.8) is 0 Å². The molecule has 22 heavy (non-hydrogen) atoms. The molecule has 3 rings (SSSR count). The monoisotopic (exact) mass is 313 g/mol. The predicted molar refractivity (Wildman–Crippen MR) is 75.5 cm³/mol. The molecule has 0 aliphatic carbocycles. The largest absolute Gasteiger partial charge is 0.356 e. The zero-order chi connectivity index (χ0) is 16.1. The van der Waals surface area contributed by atoms with Crippen LogP contribution in [-0.4, -0.2) is 66.3 Å². The third kappa shape index (κ3) is 2.40. The lowest BCUT2D eigenvalue weighted by atomic mass is 10.1. The van der Waals surface area contributed by atoms with Crippen LogP contribution in [-0.2, 0) is 23.8 Å². The van der Waals surface area contributed by atoms with Crippen molar-refractivity contribution in [3.05, 3.63) is 0 Å². The van der Waals surface area contributed by atoms with E-state index in [-0.39, 0.29) is 30.5 Å². The maximum absolute atomic E-state index is 11.2. The molecule has 8 heteroatoms. The van der Waals surface area contributed by atoms with Crippen molar-refractivity contribution >= 4 is 11.8 Å². The summed E-state index contributed by atoms with van der Waals surface area (Å²) in [7, 11) is 0. The molecule has 0 bridgehead atoms. The van der Waals surface area contributed by atoms with Gasteiger partial charge < -0.3 is 24.8 Å². The van der Waals surface area contributed by atoms with E-state index < -0.39 is 11.2 Å². The molecule has 3 fully saturated rings. The highest BCUT2D eigenvalue weighted by molar-refractivity contribution is 5.73. The zero-order valence-corrected chi connectivity index (χ0v) is 13.3. The summed E-state index contributed by atoms with van der Waals surface area (Å²) in [6, 6.07) is 0. The molecule has 3 aliphatic rings. The molecule has 124 valence electrons. The molecule has 0 aromatic heterocycles. The Morgan fingerprint density at radius 2 is 1.59 bits per heavy atom. The fourth-order valence-electron chi connectivity index (χ4n) is 3.40. The zero-order valence-electron chi connectivity index (χ0n) is 13.3. The van der Waals surface area contributed by atoms with Crippen LogP contribution in [0.2, 0.25) is 0 Å². The average Bonchev–Trinajstić information content (AvgIpc) is 3.03. The van der Waals surface area contributed by atoms with Gasteiger partial charge in [0.1, 0.15) is 29.9 Å². The maximum Gasteiger partial charge on any atom is 0.216 e. The van der Waals surface area contributed by atoms with E-state index in [4.69, 9.17) is 14.2 Å². The van der Waals surface area contributed by atoms with Crippen LogP contribution in [0.1, 0.15) is 27.7 Å². The van der Waals surface area contributed by atoms with Crippen molar-refractivity contribution in [2.75, 3.05) is 19.7 Å². The molecular weight excluding hydrogens is 290 g/mol. The topological polar surface area (TPSA) is 89.1 Å². The van der Waals surface area contributed by atoms with Crippen molar-refractivity contribution in [3.8, 4) is 0 Å². The van der Waals surface area contributed by atoms with E-state index in [0.29, 0.717) is 19.7 Å². The first-order chi connectivity index (χ1) is 10.3. The molecule has 0 aromatic carbocycles. The number of hydrogen-bond acceptors (Lipinski definition) is 6. The number of nitrogens with one attached hydrogen (secondary N) is 2. The first kappa shape index (κ1) is 15.7. The van der Waals surface area contributed by atoms with Crippen LogP contribution in [0, 0.1) is 0 Å². The highest BCUT2D eigenvalue weighted by Gasteiger charge is 2.67. The molecule has 0 aromatic rings. The van der Waals surface area contributed by atoms with E-state index in [1.54, 1.807) is 0 Å². The normalized spacial score (nSPS) is 43.2. The lowest BCUT2D eigenvalue weighted by Gasteiger charge is -2.32. The summed E-state index contributed by atoms with van der Waals surface area (Å²) in [6.07, 6.45) is -0.781. The Hall–Kier alpha value is -1.22. The number of carbonyl (C=O) groups is 2. The minimum atomic E-state index is -0.646. The Kier molecular flexibility index (Phi) is 3.67. The van der Waals surface area contributed by atoms with E-state index in [0.717, 1.165) is 0 Å². The first-order valence-electron chi connectivity index (χ1n) is 7.49. The van der Waals surface area contributed by atoms with Crippen LogP contribution in [0.15, 0.2) is 0 Å². The fraction of sp³-hybridized carbons (Fsp3) is 0.857. The molecule has 0 saturated carbocycles. The third-order valence-electron chi connectivity index (χ3n) is 4.48. The van der Waals surface area contributed by atoms with Gasteiger partial charge in [-0.05, 0) is 13.8 Å². The summed E-state index contributed by atoms with van der Waals surface area (Å²) >= 11 is 0. The van der Waals surface area contributed by atoms with Crippen LogP contribution >= 0.6 is 0 Å². The van der Waals surface area contributed by atoms with Crippen molar-refractivity contribution in [1.82, 2.24) is 15.5 Å². The lowest BCUT2D eigenvalue weighted by molar-refractivity contribution is -0.137. The quantitative estimate of drug-likeness (QED) is 0.703. The minimum absolute atomic E-state index is 0.108. The van der Waals surface area contributed by atoms with E-state index >= 15 is 0 Å². The highest BCUT2D eigenvalue weighted by Crippen LogP contribution is 2.48. The van der Waals surface area contributed by atoms with Gasteiger partial charge in [0.25, 0.3) is 0 Å². The van der Waals surface area contributed by atoms with Crippen LogP contribution in [0.3, 0.4) is 0 Å². The first-order valence-corrected chi connectivity index (χ1v) is 7.49. The number of rotatable bonds is 4. The van der Waals surface area contributed by atoms with E-state index in [9.17, 15) is 9.59 Å². The molecule has 0 unspecified atom stereocenters. The van der Waals surface area contributed by atoms with Gasteiger partial charge in [0.2, 0.25) is 11.8 Å². The second-order valence-corrected chi connectivity index (χ2v) is 6.62. The molecular formula is C14H23N3O5. The second-order valence-electron chi connectivity index (χ2n) is 6.62. The van der Waals surface area contributed by atoms with Gasteiger partial charge >= 0.3 is 0 Å². The summed E-state index contributed by atoms with van der Waals surface area (Å²) in [5, 5.41) is 5.59. The third-order valence-corrected chi connectivity index (χ3v) is 4.48. The van der Waals surface area contributed by atoms with Crippen LogP contribution in [0.4, 0.5) is 0 Å².